The van der Waals surface area contributed by atoms with Crippen LogP contribution in [0.4, 0.5) is 10.1 Å². The van der Waals surface area contributed by atoms with Gasteiger partial charge in [-0.05, 0) is 49.7 Å². The second kappa shape index (κ2) is 6.38. The van der Waals surface area contributed by atoms with Crippen molar-refractivity contribution in [3.63, 3.8) is 0 Å². The molecule has 1 aromatic heterocycles. The molecule has 0 unspecified atom stereocenters. The Morgan fingerprint density at radius 2 is 2.16 bits per heavy atom. The molecule has 0 spiro atoms. The predicted octanol–water partition coefficient (Wildman–Crippen LogP) is 2.95. The molecule has 0 saturated heterocycles. The molecule has 2 N–H and O–H groups in total. The molecule has 0 aliphatic rings. The van der Waals surface area contributed by atoms with Crippen LogP contribution < -0.4 is 10.6 Å². The van der Waals surface area contributed by atoms with Gasteiger partial charge in [-0.15, -0.1) is 0 Å². The average molecular weight is 262 g/mol. The molecular formula is C15H19FN2O. The second-order valence-electron chi connectivity index (χ2n) is 4.42. The molecule has 19 heavy (non-hydrogen) atoms. The quantitative estimate of drug-likeness (QED) is 0.870. The molecule has 0 aliphatic carbocycles. The highest BCUT2D eigenvalue weighted by Crippen LogP contribution is 2.22. The maximum atomic E-state index is 14.1. The number of anilines is 1. The third kappa shape index (κ3) is 3.35. The van der Waals surface area contributed by atoms with E-state index in [0.717, 1.165) is 11.3 Å². The molecule has 3 nitrogen and oxygen atoms in total. The van der Waals surface area contributed by atoms with Crippen molar-refractivity contribution < 1.29 is 8.81 Å². The summed E-state index contributed by atoms with van der Waals surface area (Å²) in [5.74, 6) is 0.617. The summed E-state index contributed by atoms with van der Waals surface area (Å²) in [6, 6.07) is 9.03. The van der Waals surface area contributed by atoms with Crippen molar-refractivity contribution in [1.29, 1.82) is 0 Å². The molecule has 4 heteroatoms. The lowest BCUT2D eigenvalue weighted by molar-refractivity contribution is 0.501. The number of hydrogen-bond donors (Lipinski definition) is 1. The lowest BCUT2D eigenvalue weighted by atomic mass is 10.1. The van der Waals surface area contributed by atoms with E-state index in [9.17, 15) is 4.39 Å². The van der Waals surface area contributed by atoms with Gasteiger partial charge in [0.2, 0.25) is 0 Å². The predicted molar refractivity (Wildman–Crippen MR) is 74.6 cm³/mol. The molecule has 1 heterocycles. The first-order valence-corrected chi connectivity index (χ1v) is 6.50. The lowest BCUT2D eigenvalue weighted by Gasteiger charge is -2.22. The Morgan fingerprint density at radius 1 is 1.32 bits per heavy atom. The number of halogens is 1. The van der Waals surface area contributed by atoms with Crippen molar-refractivity contribution in [3.8, 4) is 0 Å². The molecule has 0 radical (unpaired) electrons. The molecule has 0 saturated carbocycles. The van der Waals surface area contributed by atoms with Crippen molar-refractivity contribution in [1.82, 2.24) is 0 Å². The van der Waals surface area contributed by atoms with Crippen molar-refractivity contribution in [3.05, 3.63) is 53.7 Å². The van der Waals surface area contributed by atoms with E-state index in [1.54, 1.807) is 12.3 Å². The van der Waals surface area contributed by atoms with Gasteiger partial charge < -0.3 is 15.1 Å². The molecule has 2 aromatic rings. The lowest BCUT2D eigenvalue weighted by Crippen LogP contribution is -2.23. The molecule has 0 bridgehead atoms. The number of nitrogens with two attached hydrogens (primary N) is 1. The summed E-state index contributed by atoms with van der Waals surface area (Å²) in [4.78, 5) is 1.94. The van der Waals surface area contributed by atoms with Crippen LogP contribution in [-0.2, 0) is 13.0 Å². The first kappa shape index (κ1) is 13.6. The van der Waals surface area contributed by atoms with Crippen molar-refractivity contribution in [2.24, 2.45) is 5.73 Å². The Hall–Kier alpha value is -1.81. The third-order valence-electron chi connectivity index (χ3n) is 3.09. The van der Waals surface area contributed by atoms with Gasteiger partial charge in [-0.2, -0.15) is 0 Å². The minimum atomic E-state index is -0.209. The highest BCUT2D eigenvalue weighted by Gasteiger charge is 2.12. The molecule has 1 aromatic carbocycles. The molecule has 0 aliphatic heterocycles. The summed E-state index contributed by atoms with van der Waals surface area (Å²) < 4.78 is 19.4. The number of furan rings is 1. The standard InChI is InChI=1S/C15H19FN2O/c1-2-18(11-13-4-3-9-19-13)15-6-5-12(7-8-17)10-14(15)16/h3-6,9-10H,2,7-8,11,17H2,1H3. The van der Waals surface area contributed by atoms with Gasteiger partial charge in [0, 0.05) is 6.54 Å². The highest BCUT2D eigenvalue weighted by atomic mass is 19.1. The Bertz CT molecular complexity index is 511. The van der Waals surface area contributed by atoms with Crippen LogP contribution in [0.1, 0.15) is 18.2 Å². The van der Waals surface area contributed by atoms with E-state index in [-0.39, 0.29) is 5.82 Å². The van der Waals surface area contributed by atoms with Gasteiger partial charge in [-0.3, -0.25) is 0 Å². The normalized spacial score (nSPS) is 10.7. The van der Waals surface area contributed by atoms with Crippen LogP contribution in [0.3, 0.4) is 0 Å². The highest BCUT2D eigenvalue weighted by molar-refractivity contribution is 5.49. The van der Waals surface area contributed by atoms with Gasteiger partial charge in [-0.1, -0.05) is 6.07 Å². The minimum absolute atomic E-state index is 0.209. The fourth-order valence-electron chi connectivity index (χ4n) is 2.09. The topological polar surface area (TPSA) is 42.4 Å². The fourth-order valence-corrected chi connectivity index (χ4v) is 2.09. The molecule has 102 valence electrons. The molecule has 0 atom stereocenters. The van der Waals surface area contributed by atoms with Crippen LogP contribution >= 0.6 is 0 Å². The Labute approximate surface area is 112 Å². The summed E-state index contributed by atoms with van der Waals surface area (Å²) >= 11 is 0. The number of rotatable bonds is 6. The van der Waals surface area contributed by atoms with E-state index in [2.05, 4.69) is 0 Å². The van der Waals surface area contributed by atoms with E-state index >= 15 is 0 Å². The molecule has 2 rings (SSSR count). The summed E-state index contributed by atoms with van der Waals surface area (Å²) in [6.45, 7) is 3.81. The smallest absolute Gasteiger partial charge is 0.146 e. The van der Waals surface area contributed by atoms with Crippen LogP contribution in [0.15, 0.2) is 41.0 Å². The zero-order valence-electron chi connectivity index (χ0n) is 11.1. The van der Waals surface area contributed by atoms with Crippen molar-refractivity contribution >= 4 is 5.69 Å². The van der Waals surface area contributed by atoms with Crippen LogP contribution in [0.5, 0.6) is 0 Å². The molecular weight excluding hydrogens is 243 g/mol. The fraction of sp³-hybridized carbons (Fsp3) is 0.333. The van der Waals surface area contributed by atoms with E-state index in [4.69, 9.17) is 10.2 Å². The molecule has 0 fully saturated rings. The minimum Gasteiger partial charge on any atom is -0.467 e. The Morgan fingerprint density at radius 3 is 2.74 bits per heavy atom. The average Bonchev–Trinajstić information content (AvgIpc) is 2.90. The van der Waals surface area contributed by atoms with Gasteiger partial charge >= 0.3 is 0 Å². The van der Waals surface area contributed by atoms with Crippen LogP contribution in [0.25, 0.3) is 0 Å². The van der Waals surface area contributed by atoms with Gasteiger partial charge in [0.05, 0.1) is 18.5 Å². The summed E-state index contributed by atoms with van der Waals surface area (Å²) in [6.07, 6.45) is 2.32. The van der Waals surface area contributed by atoms with Crippen LogP contribution in [0.2, 0.25) is 0 Å². The van der Waals surface area contributed by atoms with Gasteiger partial charge in [0.25, 0.3) is 0 Å². The van der Waals surface area contributed by atoms with E-state index in [1.165, 1.54) is 0 Å². The summed E-state index contributed by atoms with van der Waals surface area (Å²) in [5, 5.41) is 0. The number of benzene rings is 1. The first-order chi connectivity index (χ1) is 9.24. The number of nitrogens with zero attached hydrogens (tertiary/aromatic N) is 1. The maximum Gasteiger partial charge on any atom is 0.146 e. The maximum absolute atomic E-state index is 14.1. The Balaban J connectivity index is 2.18. The molecule has 0 amide bonds. The van der Waals surface area contributed by atoms with E-state index in [0.29, 0.717) is 31.7 Å². The summed E-state index contributed by atoms with van der Waals surface area (Å²) in [7, 11) is 0. The van der Waals surface area contributed by atoms with Gasteiger partial charge in [0.15, 0.2) is 0 Å². The second-order valence-corrected chi connectivity index (χ2v) is 4.42. The van der Waals surface area contributed by atoms with E-state index in [1.807, 2.05) is 36.1 Å². The largest absolute Gasteiger partial charge is 0.467 e. The number of hydrogen-bond acceptors (Lipinski definition) is 3. The van der Waals surface area contributed by atoms with E-state index < -0.39 is 0 Å². The third-order valence-corrected chi connectivity index (χ3v) is 3.09. The van der Waals surface area contributed by atoms with Crippen molar-refractivity contribution in [2.75, 3.05) is 18.0 Å². The SMILES string of the molecule is CCN(Cc1ccco1)c1ccc(CCN)cc1F. The van der Waals surface area contributed by atoms with Gasteiger partial charge in [-0.25, -0.2) is 4.39 Å². The monoisotopic (exact) mass is 262 g/mol. The van der Waals surface area contributed by atoms with Gasteiger partial charge in [0.1, 0.15) is 11.6 Å². The first-order valence-electron chi connectivity index (χ1n) is 6.50. The van der Waals surface area contributed by atoms with Crippen molar-refractivity contribution in [2.45, 2.75) is 19.9 Å². The summed E-state index contributed by atoms with van der Waals surface area (Å²) in [5.41, 5.74) is 7.01. The zero-order valence-corrected chi connectivity index (χ0v) is 11.1. The Kier molecular flexibility index (Phi) is 4.58. The van der Waals surface area contributed by atoms with Crippen LogP contribution in [0, 0.1) is 5.82 Å². The van der Waals surface area contributed by atoms with Crippen LogP contribution in [-0.4, -0.2) is 13.1 Å². The zero-order chi connectivity index (χ0) is 13.7.